The van der Waals surface area contributed by atoms with Gasteiger partial charge in [0.05, 0.1) is 4.92 Å². The Morgan fingerprint density at radius 2 is 1.97 bits per heavy atom. The SMILES string of the molecule is Cc1ccccc1OCc1nnc(NC(=O)C(C#N)=Cc2cccn2-c2ccc([N+](=O)[O-])cc2)s1. The molecule has 0 radical (unpaired) electrons. The maximum Gasteiger partial charge on any atom is 0.269 e. The number of nitro groups is 1. The summed E-state index contributed by atoms with van der Waals surface area (Å²) in [6.07, 6.45) is 3.16. The Labute approximate surface area is 203 Å². The second kappa shape index (κ2) is 10.4. The molecule has 2 heterocycles. The van der Waals surface area contributed by atoms with Crippen LogP contribution in [-0.4, -0.2) is 25.6 Å². The predicted octanol–water partition coefficient (Wildman–Crippen LogP) is 4.67. The summed E-state index contributed by atoms with van der Waals surface area (Å²) >= 11 is 1.15. The van der Waals surface area contributed by atoms with E-state index in [2.05, 4.69) is 15.5 Å². The lowest BCUT2D eigenvalue weighted by molar-refractivity contribution is -0.384. The molecule has 0 unspecified atom stereocenters. The van der Waals surface area contributed by atoms with Crippen molar-refractivity contribution in [1.82, 2.24) is 14.8 Å². The first kappa shape index (κ1) is 23.3. The van der Waals surface area contributed by atoms with E-state index in [0.717, 1.165) is 22.6 Å². The van der Waals surface area contributed by atoms with Crippen molar-refractivity contribution in [3.8, 4) is 17.5 Å². The summed E-state index contributed by atoms with van der Waals surface area (Å²) in [6, 6.07) is 18.9. The number of carbonyl (C=O) groups is 1. The van der Waals surface area contributed by atoms with Gasteiger partial charge in [-0.2, -0.15) is 5.26 Å². The summed E-state index contributed by atoms with van der Waals surface area (Å²) in [7, 11) is 0. The van der Waals surface area contributed by atoms with Gasteiger partial charge in [0, 0.05) is 29.7 Å². The first-order valence-corrected chi connectivity index (χ1v) is 11.1. The Balaban J connectivity index is 1.45. The summed E-state index contributed by atoms with van der Waals surface area (Å²) in [4.78, 5) is 23.1. The van der Waals surface area contributed by atoms with E-state index >= 15 is 0 Å². The van der Waals surface area contributed by atoms with Crippen molar-refractivity contribution in [2.75, 3.05) is 5.32 Å². The van der Waals surface area contributed by atoms with Crippen molar-refractivity contribution >= 4 is 34.1 Å². The van der Waals surface area contributed by atoms with Crippen LogP contribution in [0.5, 0.6) is 5.75 Å². The maximum atomic E-state index is 12.7. The zero-order valence-corrected chi connectivity index (χ0v) is 19.2. The van der Waals surface area contributed by atoms with Gasteiger partial charge in [-0.3, -0.25) is 20.2 Å². The number of nitriles is 1. The number of ether oxygens (including phenoxy) is 1. The van der Waals surface area contributed by atoms with Gasteiger partial charge in [-0.15, -0.1) is 10.2 Å². The normalized spacial score (nSPS) is 11.0. The minimum atomic E-state index is -0.633. The van der Waals surface area contributed by atoms with Gasteiger partial charge < -0.3 is 9.30 Å². The van der Waals surface area contributed by atoms with Crippen LogP contribution >= 0.6 is 11.3 Å². The van der Waals surface area contributed by atoms with Crippen molar-refractivity contribution in [2.24, 2.45) is 0 Å². The van der Waals surface area contributed by atoms with E-state index in [1.54, 1.807) is 35.0 Å². The third kappa shape index (κ3) is 5.58. The Bertz CT molecular complexity index is 1450. The van der Waals surface area contributed by atoms with E-state index in [0.29, 0.717) is 16.4 Å². The van der Waals surface area contributed by atoms with E-state index < -0.39 is 10.8 Å². The number of aromatic nitrogens is 3. The number of nitrogens with one attached hydrogen (secondary N) is 1. The molecule has 4 aromatic rings. The second-order valence-electron chi connectivity index (χ2n) is 7.26. The number of aryl methyl sites for hydroxylation is 1. The molecule has 1 amide bonds. The Morgan fingerprint density at radius 3 is 2.69 bits per heavy atom. The standard InChI is InChI=1S/C24H18N6O4S/c1-16-5-2-3-7-21(16)34-15-22-27-28-24(35-22)26-23(31)17(14-25)13-20-6-4-12-29(20)18-8-10-19(11-9-18)30(32)33/h2-13H,15H2,1H3,(H,26,28,31). The molecule has 0 saturated heterocycles. The smallest absolute Gasteiger partial charge is 0.269 e. The highest BCUT2D eigenvalue weighted by Gasteiger charge is 2.15. The average Bonchev–Trinajstić information content (AvgIpc) is 3.51. The van der Waals surface area contributed by atoms with Crippen LogP contribution < -0.4 is 10.1 Å². The molecule has 4 rings (SSSR count). The molecule has 0 atom stereocenters. The van der Waals surface area contributed by atoms with Gasteiger partial charge in [0.2, 0.25) is 5.13 Å². The number of anilines is 1. The monoisotopic (exact) mass is 486 g/mol. The molecule has 174 valence electrons. The lowest BCUT2D eigenvalue weighted by Gasteiger charge is -2.07. The molecule has 0 aliphatic heterocycles. The number of benzene rings is 2. The third-order valence-corrected chi connectivity index (χ3v) is 5.72. The van der Waals surface area contributed by atoms with Crippen LogP contribution in [0.3, 0.4) is 0 Å². The molecule has 0 bridgehead atoms. The van der Waals surface area contributed by atoms with E-state index in [1.807, 2.05) is 37.3 Å². The van der Waals surface area contributed by atoms with Crippen LogP contribution in [0.4, 0.5) is 10.8 Å². The van der Waals surface area contributed by atoms with Crippen molar-refractivity contribution < 1.29 is 14.5 Å². The number of rotatable bonds is 8. The molecule has 1 N–H and O–H groups in total. The number of para-hydroxylation sites is 1. The molecule has 0 fully saturated rings. The quantitative estimate of drug-likeness (QED) is 0.165. The van der Waals surface area contributed by atoms with E-state index in [1.165, 1.54) is 18.2 Å². The molecule has 0 saturated carbocycles. The van der Waals surface area contributed by atoms with Crippen molar-refractivity contribution in [3.63, 3.8) is 0 Å². The van der Waals surface area contributed by atoms with Crippen LogP contribution in [-0.2, 0) is 11.4 Å². The Hall–Kier alpha value is -4.82. The Kier molecular flexibility index (Phi) is 6.94. The van der Waals surface area contributed by atoms with E-state index in [-0.39, 0.29) is 23.0 Å². The number of nitrogens with zero attached hydrogens (tertiary/aromatic N) is 5. The van der Waals surface area contributed by atoms with Gasteiger partial charge in [-0.25, -0.2) is 0 Å². The van der Waals surface area contributed by atoms with E-state index in [9.17, 15) is 20.2 Å². The van der Waals surface area contributed by atoms with E-state index in [4.69, 9.17) is 4.74 Å². The number of hydrogen-bond donors (Lipinski definition) is 1. The first-order valence-electron chi connectivity index (χ1n) is 10.3. The highest BCUT2D eigenvalue weighted by atomic mass is 32.1. The van der Waals surface area contributed by atoms with Crippen molar-refractivity contribution in [2.45, 2.75) is 13.5 Å². The minimum absolute atomic E-state index is 0.0316. The number of amides is 1. The second-order valence-corrected chi connectivity index (χ2v) is 8.32. The maximum absolute atomic E-state index is 12.7. The molecular formula is C24H18N6O4S. The van der Waals surface area contributed by atoms with Crippen LogP contribution in [0.1, 0.15) is 16.3 Å². The number of carbonyl (C=O) groups excluding carboxylic acids is 1. The highest BCUT2D eigenvalue weighted by molar-refractivity contribution is 7.15. The fraction of sp³-hybridized carbons (Fsp3) is 0.0833. The summed E-state index contributed by atoms with van der Waals surface area (Å²) < 4.78 is 7.46. The molecule has 10 nitrogen and oxygen atoms in total. The molecular weight excluding hydrogens is 468 g/mol. The number of non-ortho nitro benzene ring substituents is 1. The molecule has 0 aliphatic carbocycles. The van der Waals surface area contributed by atoms with Gasteiger partial charge in [0.25, 0.3) is 11.6 Å². The van der Waals surface area contributed by atoms with Gasteiger partial charge in [-0.05, 0) is 48.9 Å². The van der Waals surface area contributed by atoms with Crippen LogP contribution in [0.15, 0.2) is 72.4 Å². The van der Waals surface area contributed by atoms with Crippen LogP contribution in [0, 0.1) is 28.4 Å². The molecule has 35 heavy (non-hydrogen) atoms. The zero-order chi connectivity index (χ0) is 24.8. The van der Waals surface area contributed by atoms with Crippen LogP contribution in [0.2, 0.25) is 0 Å². The molecule has 11 heteroatoms. The van der Waals surface area contributed by atoms with Gasteiger partial charge in [0.1, 0.15) is 24.0 Å². The fourth-order valence-electron chi connectivity index (χ4n) is 3.16. The third-order valence-electron chi connectivity index (χ3n) is 4.91. The zero-order valence-electron chi connectivity index (χ0n) is 18.4. The minimum Gasteiger partial charge on any atom is -0.486 e. The fourth-order valence-corrected chi connectivity index (χ4v) is 3.81. The Morgan fingerprint density at radius 1 is 1.20 bits per heavy atom. The summed E-state index contributed by atoms with van der Waals surface area (Å²) in [6.45, 7) is 2.14. The molecule has 2 aromatic carbocycles. The van der Waals surface area contributed by atoms with Crippen LogP contribution in [0.25, 0.3) is 11.8 Å². The topological polar surface area (TPSA) is 136 Å². The summed E-state index contributed by atoms with van der Waals surface area (Å²) in [5, 5.41) is 31.8. The molecule has 2 aromatic heterocycles. The highest BCUT2D eigenvalue weighted by Crippen LogP contribution is 2.22. The lowest BCUT2D eigenvalue weighted by atomic mass is 10.2. The van der Waals surface area contributed by atoms with Crippen molar-refractivity contribution in [3.05, 3.63) is 98.8 Å². The molecule has 0 aliphatic rings. The van der Waals surface area contributed by atoms with Gasteiger partial charge in [-0.1, -0.05) is 29.5 Å². The van der Waals surface area contributed by atoms with Gasteiger partial charge in [0.15, 0.2) is 5.01 Å². The summed E-state index contributed by atoms with van der Waals surface area (Å²) in [5.41, 5.74) is 2.02. The first-order chi connectivity index (χ1) is 16.9. The summed E-state index contributed by atoms with van der Waals surface area (Å²) in [5.74, 6) is 0.102. The number of hydrogen-bond acceptors (Lipinski definition) is 8. The largest absolute Gasteiger partial charge is 0.486 e. The lowest BCUT2D eigenvalue weighted by Crippen LogP contribution is -2.13. The van der Waals surface area contributed by atoms with Gasteiger partial charge >= 0.3 is 0 Å². The predicted molar refractivity (Wildman–Crippen MR) is 130 cm³/mol. The molecule has 0 spiro atoms. The number of nitro benzene ring substituents is 1. The van der Waals surface area contributed by atoms with Crippen molar-refractivity contribution in [1.29, 1.82) is 5.26 Å². The average molecular weight is 487 g/mol.